The van der Waals surface area contributed by atoms with Crippen molar-refractivity contribution in [2.75, 3.05) is 13.2 Å². The van der Waals surface area contributed by atoms with Crippen molar-refractivity contribution in [3.8, 4) is 5.88 Å². The molecule has 0 radical (unpaired) electrons. The van der Waals surface area contributed by atoms with Gasteiger partial charge in [0.25, 0.3) is 5.91 Å². The van der Waals surface area contributed by atoms with Gasteiger partial charge in [-0.05, 0) is 30.3 Å². The van der Waals surface area contributed by atoms with Crippen LogP contribution in [0.25, 0.3) is 0 Å². The summed E-state index contributed by atoms with van der Waals surface area (Å²) >= 11 is 0. The molecule has 132 valence electrons. The molecule has 1 atom stereocenters. The maximum Gasteiger partial charge on any atom is 0.272 e. The van der Waals surface area contributed by atoms with Crippen LogP contribution in [0.1, 0.15) is 28.6 Å². The highest BCUT2D eigenvalue weighted by atomic mass is 16.5. The van der Waals surface area contributed by atoms with Crippen LogP contribution in [0.3, 0.4) is 0 Å². The highest BCUT2D eigenvalue weighted by Crippen LogP contribution is 2.25. The molecule has 3 aromatic heterocycles. The molecule has 1 amide bonds. The van der Waals surface area contributed by atoms with Gasteiger partial charge in [-0.2, -0.15) is 0 Å². The number of aromatic nitrogens is 3. The Morgan fingerprint density at radius 3 is 2.69 bits per heavy atom. The lowest BCUT2D eigenvalue weighted by atomic mass is 10.1. The van der Waals surface area contributed by atoms with Crippen LogP contribution >= 0.6 is 0 Å². The molecule has 0 bridgehead atoms. The quantitative estimate of drug-likeness (QED) is 0.711. The number of carbonyl (C=O) groups is 1. The molecule has 0 saturated heterocycles. The molecule has 1 aliphatic heterocycles. The zero-order valence-electron chi connectivity index (χ0n) is 14.4. The molecule has 0 N–H and O–H groups in total. The van der Waals surface area contributed by atoms with E-state index >= 15 is 0 Å². The minimum absolute atomic E-state index is 0.0336. The van der Waals surface area contributed by atoms with E-state index in [9.17, 15) is 4.79 Å². The van der Waals surface area contributed by atoms with E-state index in [1.54, 1.807) is 18.5 Å². The number of hydrogen-bond acceptors (Lipinski definition) is 4. The summed E-state index contributed by atoms with van der Waals surface area (Å²) in [5.74, 6) is 0.589. The Morgan fingerprint density at radius 1 is 1.08 bits per heavy atom. The molecule has 26 heavy (non-hydrogen) atoms. The lowest BCUT2D eigenvalue weighted by Gasteiger charge is -2.35. The number of pyridine rings is 2. The molecule has 1 unspecified atom stereocenters. The third-order valence-corrected chi connectivity index (χ3v) is 4.55. The molecule has 6 nitrogen and oxygen atoms in total. The van der Waals surface area contributed by atoms with Crippen LogP contribution in [-0.2, 0) is 6.54 Å². The van der Waals surface area contributed by atoms with Crippen LogP contribution in [0, 0.1) is 0 Å². The van der Waals surface area contributed by atoms with E-state index in [4.69, 9.17) is 4.74 Å². The van der Waals surface area contributed by atoms with Crippen LogP contribution in [0.2, 0.25) is 0 Å². The Morgan fingerprint density at radius 2 is 1.92 bits per heavy atom. The Hall–Kier alpha value is -3.15. The molecule has 0 saturated carbocycles. The van der Waals surface area contributed by atoms with Crippen LogP contribution in [-0.4, -0.2) is 38.5 Å². The number of amides is 1. The van der Waals surface area contributed by atoms with Gasteiger partial charge in [0.1, 0.15) is 5.69 Å². The topological polar surface area (TPSA) is 60.2 Å². The largest absolute Gasteiger partial charge is 0.478 e. The van der Waals surface area contributed by atoms with E-state index in [2.05, 4.69) is 26.8 Å². The Labute approximate surface area is 152 Å². The van der Waals surface area contributed by atoms with Crippen molar-refractivity contribution >= 4 is 5.91 Å². The molecule has 0 spiro atoms. The van der Waals surface area contributed by atoms with Crippen molar-refractivity contribution in [2.24, 2.45) is 0 Å². The second-order valence-corrected chi connectivity index (χ2v) is 6.27. The molecule has 4 rings (SSSR count). The first-order valence-electron chi connectivity index (χ1n) is 8.71. The summed E-state index contributed by atoms with van der Waals surface area (Å²) in [7, 11) is 0. The van der Waals surface area contributed by atoms with Gasteiger partial charge in [-0.1, -0.05) is 12.1 Å². The Kier molecular flexibility index (Phi) is 4.64. The summed E-state index contributed by atoms with van der Waals surface area (Å²) < 4.78 is 7.98. The lowest BCUT2D eigenvalue weighted by Crippen LogP contribution is -2.41. The normalized spacial score (nSPS) is 16.2. The SMILES string of the molecule is O=C(c1ccccn1)N1Cc2cccn2C(CCOc2ccccn2)C1. The molecule has 0 aliphatic carbocycles. The first-order chi connectivity index (χ1) is 12.8. The molecule has 4 heterocycles. The van der Waals surface area contributed by atoms with Gasteiger partial charge in [0.05, 0.1) is 19.2 Å². The van der Waals surface area contributed by atoms with Crippen molar-refractivity contribution in [1.29, 1.82) is 0 Å². The van der Waals surface area contributed by atoms with Crippen LogP contribution in [0.4, 0.5) is 0 Å². The van der Waals surface area contributed by atoms with Gasteiger partial charge in [0.2, 0.25) is 5.88 Å². The third kappa shape index (κ3) is 3.44. The van der Waals surface area contributed by atoms with E-state index < -0.39 is 0 Å². The van der Waals surface area contributed by atoms with Crippen molar-refractivity contribution < 1.29 is 9.53 Å². The monoisotopic (exact) mass is 348 g/mol. The number of fused-ring (bicyclic) bond motifs is 1. The van der Waals surface area contributed by atoms with E-state index in [0.29, 0.717) is 31.3 Å². The predicted octanol–water partition coefficient (Wildman–Crippen LogP) is 2.94. The fourth-order valence-corrected chi connectivity index (χ4v) is 3.29. The molecular formula is C20H20N4O2. The average molecular weight is 348 g/mol. The fourth-order valence-electron chi connectivity index (χ4n) is 3.29. The van der Waals surface area contributed by atoms with Gasteiger partial charge < -0.3 is 14.2 Å². The summed E-state index contributed by atoms with van der Waals surface area (Å²) in [5, 5.41) is 0. The number of nitrogens with zero attached hydrogens (tertiary/aromatic N) is 4. The molecular weight excluding hydrogens is 328 g/mol. The van der Waals surface area contributed by atoms with E-state index in [0.717, 1.165) is 12.1 Å². The molecule has 0 aromatic carbocycles. The molecule has 3 aromatic rings. The van der Waals surface area contributed by atoms with E-state index in [-0.39, 0.29) is 11.9 Å². The average Bonchev–Trinajstić information content (AvgIpc) is 3.18. The smallest absolute Gasteiger partial charge is 0.272 e. The minimum Gasteiger partial charge on any atom is -0.478 e. The lowest BCUT2D eigenvalue weighted by molar-refractivity contribution is 0.0659. The van der Waals surface area contributed by atoms with Gasteiger partial charge in [0, 0.05) is 43.3 Å². The van der Waals surface area contributed by atoms with Crippen LogP contribution in [0.5, 0.6) is 5.88 Å². The first kappa shape index (κ1) is 16.3. The van der Waals surface area contributed by atoms with Crippen LogP contribution in [0.15, 0.2) is 67.1 Å². The maximum absolute atomic E-state index is 12.8. The highest BCUT2D eigenvalue weighted by Gasteiger charge is 2.28. The van der Waals surface area contributed by atoms with Crippen molar-refractivity contribution in [3.05, 3.63) is 78.5 Å². The summed E-state index contributed by atoms with van der Waals surface area (Å²) in [6, 6.07) is 15.3. The summed E-state index contributed by atoms with van der Waals surface area (Å²) in [6.45, 7) is 1.79. The first-order valence-corrected chi connectivity index (χ1v) is 8.71. The van der Waals surface area contributed by atoms with Gasteiger partial charge in [-0.15, -0.1) is 0 Å². The van der Waals surface area contributed by atoms with Crippen LogP contribution < -0.4 is 4.74 Å². The standard InChI is InChI=1S/C20H20N4O2/c25-20(18-7-1-3-10-21-18)23-14-16-6-5-12-24(16)17(15-23)9-13-26-19-8-2-4-11-22-19/h1-8,10-12,17H,9,13-15H2. The highest BCUT2D eigenvalue weighted by molar-refractivity contribution is 5.92. The van der Waals surface area contributed by atoms with Gasteiger partial charge in [0.15, 0.2) is 0 Å². The molecule has 6 heteroatoms. The van der Waals surface area contributed by atoms with Crippen molar-refractivity contribution in [2.45, 2.75) is 19.0 Å². The van der Waals surface area contributed by atoms with Gasteiger partial charge in [-0.25, -0.2) is 4.98 Å². The third-order valence-electron chi connectivity index (χ3n) is 4.55. The number of carbonyl (C=O) groups excluding carboxylic acids is 1. The number of rotatable bonds is 5. The predicted molar refractivity (Wildman–Crippen MR) is 96.8 cm³/mol. The van der Waals surface area contributed by atoms with E-state index in [1.165, 1.54) is 0 Å². The second-order valence-electron chi connectivity index (χ2n) is 6.27. The minimum atomic E-state index is -0.0336. The zero-order valence-corrected chi connectivity index (χ0v) is 14.4. The zero-order chi connectivity index (χ0) is 17.8. The second kappa shape index (κ2) is 7.39. The number of ether oxygens (including phenoxy) is 1. The fraction of sp³-hybridized carbons (Fsp3) is 0.250. The van der Waals surface area contributed by atoms with Crippen molar-refractivity contribution in [1.82, 2.24) is 19.4 Å². The summed E-state index contributed by atoms with van der Waals surface area (Å²) in [4.78, 5) is 23.0. The van der Waals surface area contributed by atoms with E-state index in [1.807, 2.05) is 41.3 Å². The number of hydrogen-bond donors (Lipinski definition) is 0. The van der Waals surface area contributed by atoms with Gasteiger partial charge in [-0.3, -0.25) is 9.78 Å². The summed E-state index contributed by atoms with van der Waals surface area (Å²) in [5.41, 5.74) is 1.61. The Balaban J connectivity index is 1.45. The van der Waals surface area contributed by atoms with Gasteiger partial charge >= 0.3 is 0 Å². The Bertz CT molecular complexity index is 864. The maximum atomic E-state index is 12.8. The van der Waals surface area contributed by atoms with Crippen molar-refractivity contribution in [3.63, 3.8) is 0 Å². The summed E-state index contributed by atoms with van der Waals surface area (Å²) in [6.07, 6.45) is 6.24. The molecule has 1 aliphatic rings. The molecule has 0 fully saturated rings.